The minimum absolute atomic E-state index is 0.00979. The maximum absolute atomic E-state index is 12.5. The number of likely N-dealkylation sites (tertiary alicyclic amines) is 1. The third kappa shape index (κ3) is 5.56. The fourth-order valence-corrected chi connectivity index (χ4v) is 3.41. The van der Waals surface area contributed by atoms with Crippen molar-refractivity contribution >= 4 is 11.8 Å². The molecule has 0 aliphatic carbocycles. The first-order valence-electron chi connectivity index (χ1n) is 10.2. The van der Waals surface area contributed by atoms with Crippen LogP contribution in [-0.2, 0) is 4.79 Å². The number of pyridine rings is 1. The number of amides is 2. The van der Waals surface area contributed by atoms with E-state index in [0.717, 1.165) is 12.8 Å². The average molecular weight is 396 g/mol. The molecule has 1 aliphatic rings. The molecule has 2 aromatic rings. The van der Waals surface area contributed by atoms with Gasteiger partial charge < -0.3 is 15.0 Å². The van der Waals surface area contributed by atoms with E-state index in [2.05, 4.69) is 24.1 Å². The minimum atomic E-state index is -0.574. The van der Waals surface area contributed by atoms with Crippen molar-refractivity contribution in [3.8, 4) is 5.75 Å². The van der Waals surface area contributed by atoms with E-state index in [0.29, 0.717) is 30.3 Å². The lowest BCUT2D eigenvalue weighted by Gasteiger charge is -2.33. The number of nitrogens with zero attached hydrogens (tertiary/aromatic N) is 2. The summed E-state index contributed by atoms with van der Waals surface area (Å²) in [5.41, 5.74) is 1.84. The normalized spacial score (nSPS) is 15.8. The van der Waals surface area contributed by atoms with Crippen molar-refractivity contribution in [2.75, 3.05) is 13.1 Å². The molecule has 1 aliphatic heterocycles. The summed E-state index contributed by atoms with van der Waals surface area (Å²) in [6, 6.07) is 11.4. The average Bonchev–Trinajstić information content (AvgIpc) is 2.74. The summed E-state index contributed by atoms with van der Waals surface area (Å²) in [5, 5.41) is 3.05. The Bertz CT molecular complexity index is 813. The van der Waals surface area contributed by atoms with Gasteiger partial charge >= 0.3 is 0 Å². The largest absolute Gasteiger partial charge is 0.481 e. The highest BCUT2D eigenvalue weighted by Crippen LogP contribution is 2.20. The van der Waals surface area contributed by atoms with E-state index in [1.54, 1.807) is 31.5 Å². The first kappa shape index (κ1) is 20.8. The summed E-state index contributed by atoms with van der Waals surface area (Å²) in [6.07, 6.45) is 4.12. The molecule has 1 fully saturated rings. The molecule has 1 unspecified atom stereocenters. The summed E-state index contributed by atoms with van der Waals surface area (Å²) in [7, 11) is 0. The van der Waals surface area contributed by atoms with Gasteiger partial charge in [-0.15, -0.1) is 0 Å². The zero-order valence-corrected chi connectivity index (χ0v) is 17.3. The number of nitrogens with one attached hydrogen (secondary N) is 1. The van der Waals surface area contributed by atoms with Crippen LogP contribution in [0, 0.1) is 0 Å². The Morgan fingerprint density at radius 3 is 2.38 bits per heavy atom. The van der Waals surface area contributed by atoms with E-state index in [4.69, 9.17) is 4.74 Å². The topological polar surface area (TPSA) is 71.5 Å². The predicted molar refractivity (Wildman–Crippen MR) is 112 cm³/mol. The van der Waals surface area contributed by atoms with Gasteiger partial charge in [0.2, 0.25) is 0 Å². The molecule has 2 heterocycles. The predicted octanol–water partition coefficient (Wildman–Crippen LogP) is 3.39. The van der Waals surface area contributed by atoms with Gasteiger partial charge in [-0.3, -0.25) is 14.6 Å². The smallest absolute Gasteiger partial charge is 0.260 e. The molecule has 2 amide bonds. The Balaban J connectivity index is 1.46. The molecule has 1 aromatic carbocycles. The van der Waals surface area contributed by atoms with E-state index in [9.17, 15) is 9.59 Å². The molecule has 1 atom stereocenters. The number of benzene rings is 1. The van der Waals surface area contributed by atoms with Crippen molar-refractivity contribution in [3.05, 3.63) is 59.9 Å². The Kier molecular flexibility index (Phi) is 6.86. The lowest BCUT2D eigenvalue weighted by Crippen LogP contribution is -2.49. The molecular formula is C23H29N3O3. The first-order chi connectivity index (χ1) is 13.9. The zero-order valence-electron chi connectivity index (χ0n) is 17.3. The molecule has 6 nitrogen and oxygen atoms in total. The molecule has 3 rings (SSSR count). The molecule has 0 bridgehead atoms. The van der Waals surface area contributed by atoms with Gasteiger partial charge in [0.1, 0.15) is 5.75 Å². The second-order valence-corrected chi connectivity index (χ2v) is 7.80. The van der Waals surface area contributed by atoms with Gasteiger partial charge in [0.15, 0.2) is 6.10 Å². The van der Waals surface area contributed by atoms with Crippen LogP contribution in [0.25, 0.3) is 0 Å². The lowest BCUT2D eigenvalue weighted by molar-refractivity contribution is -0.128. The summed E-state index contributed by atoms with van der Waals surface area (Å²) in [5.74, 6) is 1.01. The summed E-state index contributed by atoms with van der Waals surface area (Å²) >= 11 is 0. The lowest BCUT2D eigenvalue weighted by atomic mass is 10.0. The fourth-order valence-electron chi connectivity index (χ4n) is 3.41. The van der Waals surface area contributed by atoms with Crippen LogP contribution in [0.5, 0.6) is 5.75 Å². The maximum atomic E-state index is 12.5. The summed E-state index contributed by atoms with van der Waals surface area (Å²) in [4.78, 5) is 30.8. The van der Waals surface area contributed by atoms with Gasteiger partial charge in [0.05, 0.1) is 5.56 Å². The van der Waals surface area contributed by atoms with E-state index < -0.39 is 6.10 Å². The second-order valence-electron chi connectivity index (χ2n) is 7.80. The second kappa shape index (κ2) is 9.54. The molecule has 1 saturated heterocycles. The molecule has 1 N–H and O–H groups in total. The van der Waals surface area contributed by atoms with Crippen LogP contribution in [0.15, 0.2) is 48.8 Å². The Hall–Kier alpha value is -2.89. The highest BCUT2D eigenvalue weighted by Gasteiger charge is 2.26. The third-order valence-electron chi connectivity index (χ3n) is 5.27. The minimum Gasteiger partial charge on any atom is -0.481 e. The number of rotatable bonds is 6. The maximum Gasteiger partial charge on any atom is 0.260 e. The first-order valence-corrected chi connectivity index (χ1v) is 10.2. The highest BCUT2D eigenvalue weighted by molar-refractivity contribution is 5.94. The SMILES string of the molecule is CC(Oc1ccc(C(C)C)cc1)C(=O)NC1CCN(C(=O)c2cccnc2)CC1. The van der Waals surface area contributed by atoms with E-state index in [1.807, 2.05) is 29.2 Å². The van der Waals surface area contributed by atoms with Crippen LogP contribution in [-0.4, -0.2) is 46.9 Å². The van der Waals surface area contributed by atoms with Crippen LogP contribution in [0.1, 0.15) is 55.5 Å². The van der Waals surface area contributed by atoms with Crippen LogP contribution in [0.3, 0.4) is 0 Å². The monoisotopic (exact) mass is 395 g/mol. The van der Waals surface area contributed by atoms with E-state index >= 15 is 0 Å². The number of piperidine rings is 1. The van der Waals surface area contributed by atoms with Crippen molar-refractivity contribution in [2.24, 2.45) is 0 Å². The standard InChI is InChI=1S/C23H29N3O3/c1-16(2)18-6-8-21(9-7-18)29-17(3)22(27)25-20-10-13-26(14-11-20)23(28)19-5-4-12-24-15-19/h4-9,12,15-17,20H,10-11,13-14H2,1-3H3,(H,25,27). The van der Waals surface area contributed by atoms with E-state index in [-0.39, 0.29) is 17.9 Å². The molecule has 29 heavy (non-hydrogen) atoms. The van der Waals surface area contributed by atoms with Gasteiger partial charge in [-0.25, -0.2) is 0 Å². The number of aromatic nitrogens is 1. The van der Waals surface area contributed by atoms with Crippen LogP contribution >= 0.6 is 0 Å². The van der Waals surface area contributed by atoms with Gasteiger partial charge in [-0.1, -0.05) is 26.0 Å². The molecule has 154 valence electrons. The molecule has 6 heteroatoms. The van der Waals surface area contributed by atoms with E-state index in [1.165, 1.54) is 5.56 Å². The highest BCUT2D eigenvalue weighted by atomic mass is 16.5. The van der Waals surface area contributed by atoms with Crippen molar-refractivity contribution in [3.63, 3.8) is 0 Å². The Morgan fingerprint density at radius 1 is 1.10 bits per heavy atom. The molecular weight excluding hydrogens is 366 g/mol. The Labute approximate surface area is 172 Å². The fraction of sp³-hybridized carbons (Fsp3) is 0.435. The van der Waals surface area contributed by atoms with Crippen molar-refractivity contribution in [2.45, 2.75) is 51.7 Å². The molecule has 0 saturated carbocycles. The third-order valence-corrected chi connectivity index (χ3v) is 5.27. The zero-order chi connectivity index (χ0) is 20.8. The molecule has 0 spiro atoms. The van der Waals surface area contributed by atoms with Gasteiger partial charge in [-0.2, -0.15) is 0 Å². The van der Waals surface area contributed by atoms with Crippen LogP contribution in [0.4, 0.5) is 0 Å². The number of carbonyl (C=O) groups excluding carboxylic acids is 2. The van der Waals surface area contributed by atoms with Crippen molar-refractivity contribution in [1.82, 2.24) is 15.2 Å². The Morgan fingerprint density at radius 2 is 1.79 bits per heavy atom. The van der Waals surface area contributed by atoms with Gasteiger partial charge in [-0.05, 0) is 55.5 Å². The summed E-state index contributed by atoms with van der Waals surface area (Å²) in [6.45, 7) is 7.27. The van der Waals surface area contributed by atoms with Gasteiger partial charge in [0.25, 0.3) is 11.8 Å². The summed E-state index contributed by atoms with van der Waals surface area (Å²) < 4.78 is 5.79. The van der Waals surface area contributed by atoms with Gasteiger partial charge in [0, 0.05) is 31.5 Å². The van der Waals surface area contributed by atoms with Crippen molar-refractivity contribution < 1.29 is 14.3 Å². The quantitative estimate of drug-likeness (QED) is 0.814. The van der Waals surface area contributed by atoms with Crippen LogP contribution < -0.4 is 10.1 Å². The van der Waals surface area contributed by atoms with Crippen LogP contribution in [0.2, 0.25) is 0 Å². The number of carbonyl (C=O) groups is 2. The number of ether oxygens (including phenoxy) is 1. The molecule has 0 radical (unpaired) electrons. The number of hydrogen-bond donors (Lipinski definition) is 1. The van der Waals surface area contributed by atoms with Crippen molar-refractivity contribution in [1.29, 1.82) is 0 Å². The molecule has 1 aromatic heterocycles. The number of hydrogen-bond acceptors (Lipinski definition) is 4.